The van der Waals surface area contributed by atoms with Crippen LogP contribution in [-0.4, -0.2) is 59.7 Å². The van der Waals surface area contributed by atoms with E-state index in [0.29, 0.717) is 17.7 Å². The Morgan fingerprint density at radius 3 is 2.17 bits per heavy atom. The number of aliphatic hydroxyl groups is 1. The van der Waals surface area contributed by atoms with Crippen molar-refractivity contribution in [2.45, 2.75) is 76.6 Å². The van der Waals surface area contributed by atoms with E-state index >= 15 is 9.59 Å². The largest absolute Gasteiger partial charge is 0.507 e. The van der Waals surface area contributed by atoms with Gasteiger partial charge in [0.1, 0.15) is 29.7 Å². The molecular formula is C40H43BrClN3O7Si. The van der Waals surface area contributed by atoms with E-state index in [9.17, 15) is 5.11 Å². The minimum absolute atomic E-state index is 0.00198. The van der Waals surface area contributed by atoms with Gasteiger partial charge in [0.25, 0.3) is 5.88 Å². The van der Waals surface area contributed by atoms with Crippen LogP contribution >= 0.6 is 27.5 Å². The molecule has 0 amide bonds. The number of benzene rings is 2. The molecule has 7 rings (SSSR count). The molecule has 1 saturated carbocycles. The molecule has 0 aliphatic heterocycles. The Morgan fingerprint density at radius 1 is 0.981 bits per heavy atom. The van der Waals surface area contributed by atoms with Crippen LogP contribution in [0.5, 0.6) is 11.6 Å². The van der Waals surface area contributed by atoms with Crippen molar-refractivity contribution in [3.63, 3.8) is 0 Å². The van der Waals surface area contributed by atoms with Crippen molar-refractivity contribution in [1.29, 1.82) is 0 Å². The summed E-state index contributed by atoms with van der Waals surface area (Å²) in [6.07, 6.45) is 0.595. The van der Waals surface area contributed by atoms with Crippen LogP contribution in [0.1, 0.15) is 71.6 Å². The van der Waals surface area contributed by atoms with Crippen LogP contribution in [-0.2, 0) is 28.9 Å². The van der Waals surface area contributed by atoms with Crippen LogP contribution in [0.4, 0.5) is 0 Å². The Labute approximate surface area is 323 Å². The zero-order chi connectivity index (χ0) is 38.0. The lowest BCUT2D eigenvalue weighted by Crippen LogP contribution is -2.68. The lowest BCUT2D eigenvalue weighted by Gasteiger charge is -2.55. The van der Waals surface area contributed by atoms with Crippen LogP contribution in [0.2, 0.25) is 23.3 Å². The van der Waals surface area contributed by atoms with Gasteiger partial charge < -0.3 is 23.5 Å². The molecule has 0 spiro atoms. The third kappa shape index (κ3) is 6.26. The maximum Gasteiger partial charge on any atom is 0.265 e. The fraction of sp³-hybridized carbons (Fsp3) is 0.400. The van der Waals surface area contributed by atoms with Crippen molar-refractivity contribution in [3.05, 3.63) is 110 Å². The van der Waals surface area contributed by atoms with Gasteiger partial charge in [0.15, 0.2) is 30.0 Å². The predicted octanol–water partition coefficient (Wildman–Crippen LogP) is 8.93. The van der Waals surface area contributed by atoms with Gasteiger partial charge in [-0.3, -0.25) is 14.5 Å². The second-order valence-corrected chi connectivity index (χ2v) is 21.7. The van der Waals surface area contributed by atoms with Crippen molar-refractivity contribution in [2.24, 2.45) is 11.8 Å². The molecule has 0 radical (unpaired) electrons. The molecule has 0 bridgehead atoms. The number of hydrogen-bond donors (Lipinski definition) is 1. The number of halogens is 2. The van der Waals surface area contributed by atoms with E-state index < -0.39 is 43.4 Å². The van der Waals surface area contributed by atoms with Crippen molar-refractivity contribution < 1.29 is 33.1 Å². The van der Waals surface area contributed by atoms with E-state index in [4.69, 9.17) is 30.0 Å². The second kappa shape index (κ2) is 13.8. The van der Waals surface area contributed by atoms with E-state index in [2.05, 4.69) is 46.8 Å². The topological polar surface area (TPSA) is 124 Å². The molecule has 53 heavy (non-hydrogen) atoms. The molecule has 4 aromatic rings. The van der Waals surface area contributed by atoms with Gasteiger partial charge in [0.05, 0.1) is 11.6 Å². The van der Waals surface area contributed by atoms with Crippen molar-refractivity contribution in [2.75, 3.05) is 14.1 Å². The number of rotatable bonds is 9. The lowest BCUT2D eigenvalue weighted by atomic mass is 9.57. The molecule has 3 aliphatic rings. The summed E-state index contributed by atoms with van der Waals surface area (Å²) >= 11 is 10.3. The van der Waals surface area contributed by atoms with Gasteiger partial charge in [-0.1, -0.05) is 93.0 Å². The summed E-state index contributed by atoms with van der Waals surface area (Å²) < 4.78 is 25.9. The number of pyridine rings is 1. The average molecular weight is 821 g/mol. The highest BCUT2D eigenvalue weighted by Crippen LogP contribution is 2.59. The van der Waals surface area contributed by atoms with Crippen LogP contribution in [0, 0.1) is 11.8 Å². The Balaban J connectivity index is 1.41. The standard InChI is InChI=1S/C40H43BrClN3O7Si/c1-39(2,3)53(6,7)52-40-26(30(45(4)5)32-29(35(40)48)38(44-51-32)50-21-23-16-12-9-13-17-23)19-24-18-25-28(31(46)27(24)34(40)47)33(36(41)43-37(25)42)49-20-22-14-10-8-11-15-22/h8-17,24,26,30,46H,18-21H2,1-7H3/t24-,26-,30-,40-/m0/s1. The monoisotopic (exact) mass is 819 g/mol. The highest BCUT2D eigenvalue weighted by Gasteiger charge is 2.69. The van der Waals surface area contributed by atoms with E-state index in [1.165, 1.54) is 0 Å². The van der Waals surface area contributed by atoms with Crippen LogP contribution < -0.4 is 9.47 Å². The number of nitrogens with zero attached hydrogens (tertiary/aromatic N) is 3. The molecule has 278 valence electrons. The van der Waals surface area contributed by atoms with Crippen molar-refractivity contribution in [3.8, 4) is 11.6 Å². The molecule has 2 aromatic heterocycles. The van der Waals surface area contributed by atoms with Crippen LogP contribution in [0.15, 0.2) is 75.4 Å². The average Bonchev–Trinajstić information content (AvgIpc) is 3.52. The second-order valence-electron chi connectivity index (χ2n) is 15.8. The minimum Gasteiger partial charge on any atom is -0.507 e. The summed E-state index contributed by atoms with van der Waals surface area (Å²) in [5.74, 6) is -2.08. The quantitative estimate of drug-likeness (QED) is 0.0995. The third-order valence-corrected chi connectivity index (χ3v) is 16.6. The van der Waals surface area contributed by atoms with Gasteiger partial charge in [-0.05, 0) is 83.2 Å². The van der Waals surface area contributed by atoms with E-state index in [1.807, 2.05) is 92.8 Å². The Bertz CT molecular complexity index is 2120. The maximum atomic E-state index is 15.6. The molecule has 4 atom stereocenters. The summed E-state index contributed by atoms with van der Waals surface area (Å²) in [5.41, 5.74) is 0.799. The zero-order valence-corrected chi connectivity index (χ0v) is 34.2. The Hall–Kier alpha value is -3.81. The maximum absolute atomic E-state index is 15.6. The van der Waals surface area contributed by atoms with Gasteiger partial charge in [0.2, 0.25) is 11.6 Å². The molecule has 3 aliphatic carbocycles. The highest BCUT2D eigenvalue weighted by atomic mass is 79.9. The number of fused-ring (bicyclic) bond motifs is 4. The first kappa shape index (κ1) is 37.5. The number of ether oxygens (including phenoxy) is 2. The first-order valence-corrected chi connectivity index (χ1v) is 21.7. The number of carbonyl (C=O) groups is 2. The molecule has 0 unspecified atom stereocenters. The van der Waals surface area contributed by atoms with Gasteiger partial charge in [-0.2, -0.15) is 0 Å². The van der Waals surface area contributed by atoms with Gasteiger partial charge in [-0.25, -0.2) is 4.98 Å². The number of Topliss-reactive ketones (excluding diaryl/α,β-unsaturated/α-hetero) is 2. The predicted molar refractivity (Wildman–Crippen MR) is 207 cm³/mol. The van der Waals surface area contributed by atoms with Gasteiger partial charge >= 0.3 is 0 Å². The number of hydrogen-bond acceptors (Lipinski definition) is 10. The van der Waals surface area contributed by atoms with Gasteiger partial charge in [-0.15, -0.1) is 0 Å². The fourth-order valence-electron chi connectivity index (χ4n) is 7.69. The normalized spacial score (nSPS) is 22.6. The molecule has 13 heteroatoms. The van der Waals surface area contributed by atoms with Crippen LogP contribution in [0.25, 0.3) is 5.76 Å². The van der Waals surface area contributed by atoms with Gasteiger partial charge in [0, 0.05) is 17.1 Å². The summed E-state index contributed by atoms with van der Waals surface area (Å²) in [6.45, 7) is 10.5. The number of carbonyl (C=O) groups excluding carboxylic acids is 2. The first-order chi connectivity index (χ1) is 25.1. The van der Waals surface area contributed by atoms with Crippen LogP contribution in [0.3, 0.4) is 0 Å². The van der Waals surface area contributed by atoms with E-state index in [-0.39, 0.29) is 68.5 Å². The molecule has 2 aromatic carbocycles. The smallest absolute Gasteiger partial charge is 0.265 e. The lowest BCUT2D eigenvalue weighted by molar-refractivity contribution is -0.140. The van der Waals surface area contributed by atoms with E-state index in [0.717, 1.165) is 11.1 Å². The summed E-state index contributed by atoms with van der Waals surface area (Å²) in [7, 11) is 0.867. The number of aromatic nitrogens is 2. The van der Waals surface area contributed by atoms with E-state index in [1.54, 1.807) is 0 Å². The Morgan fingerprint density at radius 2 is 1.58 bits per heavy atom. The summed E-state index contributed by atoms with van der Waals surface area (Å²) in [5, 5.41) is 16.4. The van der Waals surface area contributed by atoms with Crippen molar-refractivity contribution in [1.82, 2.24) is 15.0 Å². The zero-order valence-electron chi connectivity index (χ0n) is 30.8. The highest BCUT2D eigenvalue weighted by molar-refractivity contribution is 9.10. The first-order valence-electron chi connectivity index (χ1n) is 17.7. The van der Waals surface area contributed by atoms with Crippen molar-refractivity contribution >= 4 is 53.2 Å². The molecular weight excluding hydrogens is 778 g/mol. The molecule has 1 N–H and O–H groups in total. The fourth-order valence-corrected chi connectivity index (χ4v) is 9.99. The molecule has 2 heterocycles. The SMILES string of the molecule is CN(C)[C@@H]1c2onc(OCc3ccccc3)c2C(=O)[C@@]2(O[Si](C)(C)C(C)(C)C)C(=O)C3=C(O)c4c(c(Cl)nc(Br)c4OCc4ccccc4)C[C@H]3C[C@@H]12. The third-order valence-electron chi connectivity index (χ3n) is 11.3. The Kier molecular flexibility index (Phi) is 9.76. The molecule has 0 saturated heterocycles. The summed E-state index contributed by atoms with van der Waals surface area (Å²) in [6, 6.07) is 18.5. The number of aliphatic hydroxyl groups excluding tert-OH is 1. The number of ketones is 2. The molecule has 10 nitrogen and oxygen atoms in total. The molecule has 1 fully saturated rings. The minimum atomic E-state index is -2.90. The summed E-state index contributed by atoms with van der Waals surface area (Å²) in [4.78, 5) is 37.5.